The fourth-order valence-electron chi connectivity index (χ4n) is 4.76. The Hall–Kier alpha value is -3.29. The van der Waals surface area contributed by atoms with Crippen molar-refractivity contribution >= 4 is 35.7 Å². The highest BCUT2D eigenvalue weighted by atomic mass is 32.2. The lowest BCUT2D eigenvalue weighted by atomic mass is 10.1. The standard InChI is InChI=1S/C30H30F6N2O4S/c31-29(32,33)23-17-19(3-7-27(41)37-13-9-21(39)10-14-37)1-5-25(23)43-26-6-2-20(18-24(26)30(34,35)36)4-8-28(42)38-15-11-22(40)12-16-38/h1-8,17-18,21-22,39-40H,9-16H2/b7-3+,8-4+. The van der Waals surface area contributed by atoms with Crippen LogP contribution in [-0.4, -0.2) is 70.2 Å². The van der Waals surface area contributed by atoms with Crippen LogP contribution >= 0.6 is 11.8 Å². The van der Waals surface area contributed by atoms with E-state index in [0.29, 0.717) is 63.6 Å². The lowest BCUT2D eigenvalue weighted by Gasteiger charge is -2.28. The highest BCUT2D eigenvalue weighted by molar-refractivity contribution is 7.99. The molecule has 2 fully saturated rings. The minimum atomic E-state index is -4.88. The van der Waals surface area contributed by atoms with Gasteiger partial charge in [0, 0.05) is 48.1 Å². The molecule has 6 nitrogen and oxygen atoms in total. The Labute approximate surface area is 248 Å². The summed E-state index contributed by atoms with van der Waals surface area (Å²) in [4.78, 5) is 26.8. The predicted molar refractivity (Wildman–Crippen MR) is 149 cm³/mol. The number of aliphatic hydroxyl groups is 2. The molecule has 0 bridgehead atoms. The van der Waals surface area contributed by atoms with Crippen LogP contribution in [-0.2, 0) is 21.9 Å². The summed E-state index contributed by atoms with van der Waals surface area (Å²) in [7, 11) is 0. The van der Waals surface area contributed by atoms with Gasteiger partial charge in [0.1, 0.15) is 0 Å². The van der Waals surface area contributed by atoms with Crippen LogP contribution in [0.3, 0.4) is 0 Å². The van der Waals surface area contributed by atoms with E-state index in [-0.39, 0.29) is 11.1 Å². The summed E-state index contributed by atoms with van der Waals surface area (Å²) in [6, 6.07) is 6.27. The van der Waals surface area contributed by atoms with Crippen LogP contribution in [0, 0.1) is 0 Å². The SMILES string of the molecule is O=C(/C=C/c1ccc(Sc2ccc(/C=C/C(=O)N3CCC(O)CC3)cc2C(F)(F)F)c(C(F)(F)F)c1)N1CCC(O)CC1. The fraction of sp³-hybridized carbons (Fsp3) is 0.400. The number of halogens is 6. The van der Waals surface area contributed by atoms with Gasteiger partial charge < -0.3 is 20.0 Å². The Bertz CT molecular complexity index is 1270. The molecule has 2 saturated heterocycles. The molecule has 2 aliphatic rings. The van der Waals surface area contributed by atoms with Crippen molar-refractivity contribution < 1.29 is 46.1 Å². The maximum absolute atomic E-state index is 14.0. The highest BCUT2D eigenvalue weighted by Gasteiger charge is 2.37. The zero-order valence-corrected chi connectivity index (χ0v) is 23.7. The van der Waals surface area contributed by atoms with Crippen LogP contribution in [0.2, 0.25) is 0 Å². The van der Waals surface area contributed by atoms with Gasteiger partial charge in [-0.2, -0.15) is 26.3 Å². The molecular formula is C30H30F6N2O4S. The fourth-order valence-corrected chi connectivity index (χ4v) is 5.84. The number of likely N-dealkylation sites (tertiary alicyclic amines) is 2. The van der Waals surface area contributed by atoms with Crippen molar-refractivity contribution in [1.82, 2.24) is 9.80 Å². The maximum atomic E-state index is 14.0. The summed E-state index contributed by atoms with van der Waals surface area (Å²) in [5, 5.41) is 19.2. The first-order valence-electron chi connectivity index (χ1n) is 13.6. The largest absolute Gasteiger partial charge is 0.417 e. The van der Waals surface area contributed by atoms with Crippen molar-refractivity contribution in [2.75, 3.05) is 26.2 Å². The molecule has 2 aromatic carbocycles. The number of hydrogen-bond donors (Lipinski definition) is 2. The zero-order chi connectivity index (χ0) is 31.4. The first-order valence-corrected chi connectivity index (χ1v) is 14.4. The predicted octanol–water partition coefficient (Wildman–Crippen LogP) is 5.87. The van der Waals surface area contributed by atoms with Crippen molar-refractivity contribution in [2.24, 2.45) is 0 Å². The van der Waals surface area contributed by atoms with E-state index in [1.807, 2.05) is 0 Å². The van der Waals surface area contributed by atoms with Gasteiger partial charge >= 0.3 is 12.4 Å². The van der Waals surface area contributed by atoms with E-state index in [2.05, 4.69) is 0 Å². The number of rotatable bonds is 6. The van der Waals surface area contributed by atoms with E-state index < -0.39 is 57.3 Å². The first-order chi connectivity index (χ1) is 20.2. The molecule has 0 spiro atoms. The molecule has 0 saturated carbocycles. The molecule has 2 aromatic rings. The molecule has 0 unspecified atom stereocenters. The number of alkyl halides is 6. The lowest BCUT2D eigenvalue weighted by molar-refractivity contribution is -0.140. The van der Waals surface area contributed by atoms with Gasteiger partial charge in [-0.1, -0.05) is 23.9 Å². The van der Waals surface area contributed by atoms with Gasteiger partial charge in [0.2, 0.25) is 11.8 Å². The molecule has 0 aromatic heterocycles. The molecule has 2 N–H and O–H groups in total. The Morgan fingerprint density at radius 3 is 1.35 bits per heavy atom. The summed E-state index contributed by atoms with van der Waals surface area (Å²) in [5.74, 6) is -0.835. The van der Waals surface area contributed by atoms with Crippen LogP contribution in [0.4, 0.5) is 26.3 Å². The summed E-state index contributed by atoms with van der Waals surface area (Å²) in [5.41, 5.74) is -2.21. The normalized spacial score (nSPS) is 17.8. The third-order valence-corrected chi connectivity index (χ3v) is 8.38. The Kier molecular flexibility index (Phi) is 10.3. The second-order valence-corrected chi connectivity index (χ2v) is 11.5. The van der Waals surface area contributed by atoms with Gasteiger partial charge in [-0.15, -0.1) is 0 Å². The minimum absolute atomic E-state index is 0.0477. The monoisotopic (exact) mass is 628 g/mol. The third-order valence-electron chi connectivity index (χ3n) is 7.23. The number of hydrogen-bond acceptors (Lipinski definition) is 5. The second-order valence-electron chi connectivity index (χ2n) is 10.4. The van der Waals surface area contributed by atoms with Crippen molar-refractivity contribution in [1.29, 1.82) is 0 Å². The Morgan fingerprint density at radius 2 is 1.02 bits per heavy atom. The summed E-state index contributed by atoms with van der Waals surface area (Å²) in [6.07, 6.45) is -4.44. The number of carbonyl (C=O) groups excluding carboxylic acids is 2. The number of aliphatic hydroxyl groups excluding tert-OH is 2. The zero-order valence-electron chi connectivity index (χ0n) is 22.9. The highest BCUT2D eigenvalue weighted by Crippen LogP contribution is 2.44. The van der Waals surface area contributed by atoms with Crippen LogP contribution in [0.15, 0.2) is 58.3 Å². The molecule has 2 aliphatic heterocycles. The number of piperidine rings is 2. The van der Waals surface area contributed by atoms with Gasteiger partial charge in [0.15, 0.2) is 0 Å². The van der Waals surface area contributed by atoms with Crippen molar-refractivity contribution in [3.05, 3.63) is 70.8 Å². The van der Waals surface area contributed by atoms with E-state index in [4.69, 9.17) is 0 Å². The molecule has 232 valence electrons. The van der Waals surface area contributed by atoms with Gasteiger partial charge in [-0.05, 0) is 73.2 Å². The average molecular weight is 629 g/mol. The van der Waals surface area contributed by atoms with Crippen LogP contribution in [0.1, 0.15) is 47.9 Å². The minimum Gasteiger partial charge on any atom is -0.393 e. The van der Waals surface area contributed by atoms with Gasteiger partial charge in [0.25, 0.3) is 0 Å². The molecule has 4 rings (SSSR count). The summed E-state index contributed by atoms with van der Waals surface area (Å²) in [6.45, 7) is 1.29. The number of amides is 2. The van der Waals surface area contributed by atoms with Crippen molar-refractivity contribution in [2.45, 2.75) is 60.0 Å². The van der Waals surface area contributed by atoms with Crippen LogP contribution in [0.25, 0.3) is 12.2 Å². The third kappa shape index (κ3) is 8.87. The number of nitrogens with zero attached hydrogens (tertiary/aromatic N) is 2. The average Bonchev–Trinajstić information content (AvgIpc) is 2.95. The topological polar surface area (TPSA) is 81.1 Å². The molecule has 13 heteroatoms. The van der Waals surface area contributed by atoms with Crippen LogP contribution < -0.4 is 0 Å². The molecule has 2 heterocycles. The lowest BCUT2D eigenvalue weighted by Crippen LogP contribution is -2.39. The van der Waals surface area contributed by atoms with Crippen molar-refractivity contribution in [3.63, 3.8) is 0 Å². The maximum Gasteiger partial charge on any atom is 0.417 e. The van der Waals surface area contributed by atoms with E-state index >= 15 is 0 Å². The number of carbonyl (C=O) groups is 2. The first kappa shape index (κ1) is 32.6. The number of benzene rings is 2. The van der Waals surface area contributed by atoms with E-state index in [1.165, 1.54) is 34.1 Å². The van der Waals surface area contributed by atoms with Crippen LogP contribution in [0.5, 0.6) is 0 Å². The summed E-state index contributed by atoms with van der Waals surface area (Å²) < 4.78 is 83.9. The van der Waals surface area contributed by atoms with Gasteiger partial charge in [0.05, 0.1) is 23.3 Å². The summed E-state index contributed by atoms with van der Waals surface area (Å²) >= 11 is 0.321. The molecule has 0 atom stereocenters. The van der Waals surface area contributed by atoms with E-state index in [1.54, 1.807) is 0 Å². The molecular weight excluding hydrogens is 598 g/mol. The molecule has 43 heavy (non-hydrogen) atoms. The Balaban J connectivity index is 1.54. The van der Waals surface area contributed by atoms with E-state index in [9.17, 15) is 46.1 Å². The Morgan fingerprint density at radius 1 is 0.674 bits per heavy atom. The molecule has 0 aliphatic carbocycles. The molecule has 2 amide bonds. The quantitative estimate of drug-likeness (QED) is 0.309. The van der Waals surface area contributed by atoms with E-state index in [0.717, 1.165) is 36.4 Å². The second kappa shape index (κ2) is 13.6. The van der Waals surface area contributed by atoms with Gasteiger partial charge in [-0.25, -0.2) is 0 Å². The smallest absolute Gasteiger partial charge is 0.393 e. The van der Waals surface area contributed by atoms with Crippen molar-refractivity contribution in [3.8, 4) is 0 Å². The molecule has 0 radical (unpaired) electrons. The van der Waals surface area contributed by atoms with Gasteiger partial charge in [-0.3, -0.25) is 9.59 Å².